The molecule has 0 spiro atoms. The molecule has 2 fully saturated rings. The average Bonchev–Trinajstić information content (AvgIpc) is 2.99. The minimum atomic E-state index is -4.62. The number of alkyl halides is 3. The van der Waals surface area contributed by atoms with Gasteiger partial charge in [-0.2, -0.15) is 17.5 Å². The van der Waals surface area contributed by atoms with Gasteiger partial charge in [-0.1, -0.05) is 6.42 Å². The maximum absolute atomic E-state index is 12.5. The summed E-state index contributed by atoms with van der Waals surface area (Å²) in [4.78, 5) is 11.0. The number of carboxylic acids is 1. The van der Waals surface area contributed by atoms with Crippen LogP contribution < -0.4 is 0 Å². The number of carbonyl (C=O) groups is 1. The molecule has 9 heteroatoms. The Labute approximate surface area is 114 Å². The van der Waals surface area contributed by atoms with Crippen molar-refractivity contribution in [3.05, 3.63) is 0 Å². The monoisotopic (exact) mass is 315 g/mol. The van der Waals surface area contributed by atoms with E-state index in [1.54, 1.807) is 0 Å². The molecule has 0 aromatic heterocycles. The zero-order valence-corrected chi connectivity index (χ0v) is 11.5. The highest BCUT2D eigenvalue weighted by atomic mass is 32.2. The standard InChI is InChI=1S/C11H16F3NO4S/c12-11(13,14)6-15(7-4-5-7)20(18,19)9-3-1-2-8(9)10(16)17/h7-9H,1-6H2,(H,16,17). The highest BCUT2D eigenvalue weighted by molar-refractivity contribution is 7.89. The lowest BCUT2D eigenvalue weighted by atomic mass is 10.1. The predicted octanol–water partition coefficient (Wildman–Crippen LogP) is 1.60. The van der Waals surface area contributed by atoms with E-state index in [0.29, 0.717) is 23.6 Å². The van der Waals surface area contributed by atoms with Crippen molar-refractivity contribution >= 4 is 16.0 Å². The van der Waals surface area contributed by atoms with Gasteiger partial charge in [0.15, 0.2) is 0 Å². The van der Waals surface area contributed by atoms with Gasteiger partial charge < -0.3 is 5.11 Å². The van der Waals surface area contributed by atoms with Crippen LogP contribution in [0, 0.1) is 5.92 Å². The van der Waals surface area contributed by atoms with Crippen molar-refractivity contribution in [3.63, 3.8) is 0 Å². The Bertz CT molecular complexity index is 486. The molecule has 0 aromatic carbocycles. The fourth-order valence-electron chi connectivity index (χ4n) is 2.71. The summed E-state index contributed by atoms with van der Waals surface area (Å²) in [5, 5.41) is 7.78. The molecule has 0 amide bonds. The summed E-state index contributed by atoms with van der Waals surface area (Å²) in [6.07, 6.45) is -3.10. The van der Waals surface area contributed by atoms with Crippen LogP contribution in [0.2, 0.25) is 0 Å². The highest BCUT2D eigenvalue weighted by Crippen LogP contribution is 2.39. The molecule has 0 bridgehead atoms. The number of hydrogen-bond donors (Lipinski definition) is 1. The van der Waals surface area contributed by atoms with Gasteiger partial charge in [0.2, 0.25) is 10.0 Å². The zero-order chi connectivity index (χ0) is 15.1. The van der Waals surface area contributed by atoms with Crippen LogP contribution in [-0.4, -0.2) is 47.8 Å². The van der Waals surface area contributed by atoms with E-state index in [4.69, 9.17) is 5.11 Å². The first-order chi connectivity index (χ1) is 9.13. The Morgan fingerprint density at radius 1 is 1.20 bits per heavy atom. The Hall–Kier alpha value is -0.830. The zero-order valence-electron chi connectivity index (χ0n) is 10.6. The number of nitrogens with zero attached hydrogens (tertiary/aromatic N) is 1. The van der Waals surface area contributed by atoms with Gasteiger partial charge in [-0.3, -0.25) is 4.79 Å². The molecule has 2 rings (SSSR count). The van der Waals surface area contributed by atoms with Gasteiger partial charge in [0.1, 0.15) is 6.54 Å². The average molecular weight is 315 g/mol. The molecule has 0 heterocycles. The number of rotatable bonds is 5. The predicted molar refractivity (Wildman–Crippen MR) is 63.5 cm³/mol. The summed E-state index contributed by atoms with van der Waals surface area (Å²) in [5.74, 6) is -2.35. The lowest BCUT2D eigenvalue weighted by molar-refractivity contribution is -0.141. The molecule has 0 aliphatic heterocycles. The van der Waals surface area contributed by atoms with Crippen molar-refractivity contribution in [2.75, 3.05) is 6.54 Å². The summed E-state index contributed by atoms with van der Waals surface area (Å²) < 4.78 is 62.8. The van der Waals surface area contributed by atoms with E-state index >= 15 is 0 Å². The van der Waals surface area contributed by atoms with Crippen molar-refractivity contribution in [3.8, 4) is 0 Å². The molecular formula is C11H16F3NO4S. The molecule has 2 atom stereocenters. The van der Waals surface area contributed by atoms with Crippen molar-refractivity contribution in [1.29, 1.82) is 0 Å². The van der Waals surface area contributed by atoms with Gasteiger partial charge in [-0.25, -0.2) is 8.42 Å². The van der Waals surface area contributed by atoms with Crippen molar-refractivity contribution in [2.24, 2.45) is 5.92 Å². The van der Waals surface area contributed by atoms with Crippen LogP contribution in [0.15, 0.2) is 0 Å². The van der Waals surface area contributed by atoms with Crippen molar-refractivity contribution in [1.82, 2.24) is 4.31 Å². The van der Waals surface area contributed by atoms with Gasteiger partial charge in [0.05, 0.1) is 11.2 Å². The molecule has 1 N–H and O–H groups in total. The quantitative estimate of drug-likeness (QED) is 0.836. The first kappa shape index (κ1) is 15.6. The van der Waals surface area contributed by atoms with Crippen LogP contribution in [0.25, 0.3) is 0 Å². The Morgan fingerprint density at radius 3 is 2.25 bits per heavy atom. The molecule has 0 aromatic rings. The molecular weight excluding hydrogens is 299 g/mol. The van der Waals surface area contributed by atoms with Gasteiger partial charge >= 0.3 is 12.1 Å². The summed E-state index contributed by atoms with van der Waals surface area (Å²) in [6.45, 7) is -1.52. The van der Waals surface area contributed by atoms with E-state index in [1.807, 2.05) is 0 Å². The van der Waals surface area contributed by atoms with Gasteiger partial charge in [-0.15, -0.1) is 0 Å². The molecule has 2 aliphatic rings. The molecule has 116 valence electrons. The Kier molecular flexibility index (Phi) is 4.03. The van der Waals surface area contributed by atoms with Gasteiger partial charge in [-0.05, 0) is 25.7 Å². The fraction of sp³-hybridized carbons (Fsp3) is 0.909. The third-order valence-electron chi connectivity index (χ3n) is 3.77. The summed E-state index contributed by atoms with van der Waals surface area (Å²) >= 11 is 0. The minimum absolute atomic E-state index is 0.111. The Balaban J connectivity index is 2.24. The maximum Gasteiger partial charge on any atom is 0.402 e. The lowest BCUT2D eigenvalue weighted by Gasteiger charge is -2.28. The smallest absolute Gasteiger partial charge is 0.402 e. The molecule has 5 nitrogen and oxygen atoms in total. The van der Waals surface area contributed by atoms with E-state index in [0.717, 1.165) is 0 Å². The van der Waals surface area contributed by atoms with Gasteiger partial charge in [0, 0.05) is 6.04 Å². The molecule has 0 saturated heterocycles. The highest BCUT2D eigenvalue weighted by Gasteiger charge is 2.50. The Morgan fingerprint density at radius 2 is 1.80 bits per heavy atom. The van der Waals surface area contributed by atoms with E-state index in [-0.39, 0.29) is 12.8 Å². The molecule has 0 radical (unpaired) electrons. The SMILES string of the molecule is O=C(O)C1CCCC1S(=O)(=O)N(CC(F)(F)F)C1CC1. The number of hydrogen-bond acceptors (Lipinski definition) is 3. The van der Waals surface area contributed by atoms with Gasteiger partial charge in [0.25, 0.3) is 0 Å². The number of halogens is 3. The second-order valence-corrected chi connectivity index (χ2v) is 7.46. The first-order valence-corrected chi connectivity index (χ1v) is 7.93. The van der Waals surface area contributed by atoms with Crippen LogP contribution in [0.3, 0.4) is 0 Å². The van der Waals surface area contributed by atoms with E-state index in [9.17, 15) is 26.4 Å². The second kappa shape index (κ2) is 5.18. The topological polar surface area (TPSA) is 74.7 Å². The first-order valence-electron chi connectivity index (χ1n) is 6.43. The molecule has 20 heavy (non-hydrogen) atoms. The second-order valence-electron chi connectivity index (χ2n) is 5.35. The number of sulfonamides is 1. The third kappa shape index (κ3) is 3.25. The van der Waals surface area contributed by atoms with Crippen molar-refractivity contribution < 1.29 is 31.5 Å². The molecule has 2 unspecified atom stereocenters. The van der Waals surface area contributed by atoms with Crippen LogP contribution in [0.4, 0.5) is 13.2 Å². The number of carboxylic acid groups (broad SMARTS) is 1. The fourth-order valence-corrected chi connectivity index (χ4v) is 5.14. The minimum Gasteiger partial charge on any atom is -0.481 e. The van der Waals surface area contributed by atoms with Crippen molar-refractivity contribution in [2.45, 2.75) is 49.6 Å². The van der Waals surface area contributed by atoms with E-state index in [2.05, 4.69) is 0 Å². The maximum atomic E-state index is 12.5. The molecule has 2 saturated carbocycles. The van der Waals surface area contributed by atoms with E-state index < -0.39 is 45.9 Å². The molecule has 2 aliphatic carbocycles. The van der Waals surface area contributed by atoms with Crippen LogP contribution in [0.5, 0.6) is 0 Å². The largest absolute Gasteiger partial charge is 0.481 e. The number of aliphatic carboxylic acids is 1. The van der Waals surface area contributed by atoms with E-state index in [1.165, 1.54) is 0 Å². The summed E-state index contributed by atoms with van der Waals surface area (Å²) in [7, 11) is -4.23. The van der Waals surface area contributed by atoms with Crippen LogP contribution in [0.1, 0.15) is 32.1 Å². The summed E-state index contributed by atoms with van der Waals surface area (Å²) in [6, 6.07) is -0.628. The normalized spacial score (nSPS) is 28.0. The van der Waals surface area contributed by atoms with Crippen LogP contribution in [-0.2, 0) is 14.8 Å². The van der Waals surface area contributed by atoms with Crippen LogP contribution >= 0.6 is 0 Å². The lowest BCUT2D eigenvalue weighted by Crippen LogP contribution is -2.47. The third-order valence-corrected chi connectivity index (χ3v) is 6.18. The summed E-state index contributed by atoms with van der Waals surface area (Å²) in [5.41, 5.74) is 0.